The molecule has 0 spiro atoms. The molecule has 0 bridgehead atoms. The maximum Gasteiger partial charge on any atom is 0.0731 e. The molecule has 0 aliphatic heterocycles. The second-order valence-corrected chi connectivity index (χ2v) is 5.72. The summed E-state index contributed by atoms with van der Waals surface area (Å²) in [6.45, 7) is 12.6. The van der Waals surface area contributed by atoms with E-state index in [-0.39, 0.29) is 0 Å². The number of pyridine rings is 1. The molecule has 0 radical (unpaired) electrons. The SMILES string of the molecule is CC.Cc1ccc(C(C)C)cc1.Cc1cccc2cccnc12. The molecule has 0 atom stereocenters. The zero-order valence-corrected chi connectivity index (χ0v) is 15.3. The highest BCUT2D eigenvalue weighted by atomic mass is 14.6. The van der Waals surface area contributed by atoms with E-state index in [1.807, 2.05) is 26.1 Å². The zero-order chi connectivity index (χ0) is 17.2. The molecule has 0 amide bonds. The highest BCUT2D eigenvalue weighted by molar-refractivity contribution is 5.81. The fourth-order valence-electron chi connectivity index (χ4n) is 2.21. The van der Waals surface area contributed by atoms with Crippen molar-refractivity contribution in [1.82, 2.24) is 4.98 Å². The topological polar surface area (TPSA) is 12.9 Å². The monoisotopic (exact) mass is 307 g/mol. The number of nitrogens with zero attached hydrogens (tertiary/aromatic N) is 1. The van der Waals surface area contributed by atoms with Gasteiger partial charge < -0.3 is 0 Å². The van der Waals surface area contributed by atoms with Gasteiger partial charge >= 0.3 is 0 Å². The van der Waals surface area contributed by atoms with Crippen molar-refractivity contribution in [1.29, 1.82) is 0 Å². The first-order valence-electron chi connectivity index (χ1n) is 8.45. The minimum Gasteiger partial charge on any atom is -0.256 e. The van der Waals surface area contributed by atoms with Crippen molar-refractivity contribution >= 4 is 10.9 Å². The number of fused-ring (bicyclic) bond motifs is 1. The van der Waals surface area contributed by atoms with Crippen LogP contribution in [0, 0.1) is 13.8 Å². The Kier molecular flexibility index (Phi) is 8.04. The number of benzene rings is 2. The summed E-state index contributed by atoms with van der Waals surface area (Å²) in [6, 6.07) is 19.0. The van der Waals surface area contributed by atoms with Gasteiger partial charge in [-0.05, 0) is 37.0 Å². The van der Waals surface area contributed by atoms with Gasteiger partial charge in [-0.2, -0.15) is 0 Å². The van der Waals surface area contributed by atoms with E-state index in [9.17, 15) is 0 Å². The van der Waals surface area contributed by atoms with Gasteiger partial charge in [0.05, 0.1) is 5.52 Å². The Morgan fingerprint density at radius 3 is 1.96 bits per heavy atom. The Labute approximate surface area is 141 Å². The number of hydrogen-bond acceptors (Lipinski definition) is 1. The van der Waals surface area contributed by atoms with Crippen LogP contribution in [0.2, 0.25) is 0 Å². The first-order valence-corrected chi connectivity index (χ1v) is 8.45. The van der Waals surface area contributed by atoms with E-state index >= 15 is 0 Å². The molecule has 0 aliphatic carbocycles. The van der Waals surface area contributed by atoms with Crippen LogP contribution in [-0.4, -0.2) is 4.98 Å². The van der Waals surface area contributed by atoms with Gasteiger partial charge in [0.1, 0.15) is 0 Å². The van der Waals surface area contributed by atoms with Crippen LogP contribution in [0.15, 0.2) is 60.8 Å². The minimum atomic E-state index is 0.653. The molecule has 1 heteroatoms. The van der Waals surface area contributed by atoms with Gasteiger partial charge in [-0.3, -0.25) is 4.98 Å². The number of aromatic nitrogens is 1. The summed E-state index contributed by atoms with van der Waals surface area (Å²) in [4.78, 5) is 4.28. The molecule has 2 aromatic carbocycles. The summed E-state index contributed by atoms with van der Waals surface area (Å²) in [5, 5.41) is 1.22. The number of rotatable bonds is 1. The first-order chi connectivity index (χ1) is 11.1. The maximum absolute atomic E-state index is 4.28. The van der Waals surface area contributed by atoms with E-state index < -0.39 is 0 Å². The van der Waals surface area contributed by atoms with Crippen molar-refractivity contribution < 1.29 is 0 Å². The lowest BCUT2D eigenvalue weighted by Crippen LogP contribution is -1.85. The Hall–Kier alpha value is -2.15. The summed E-state index contributed by atoms with van der Waals surface area (Å²) in [6.07, 6.45) is 1.83. The Morgan fingerprint density at radius 1 is 0.783 bits per heavy atom. The molecular formula is C22H29N. The third-order valence-electron chi connectivity index (χ3n) is 3.58. The number of hydrogen-bond donors (Lipinski definition) is 0. The molecule has 3 aromatic rings. The average molecular weight is 307 g/mol. The lowest BCUT2D eigenvalue weighted by molar-refractivity contribution is 0.866. The molecule has 1 aromatic heterocycles. The van der Waals surface area contributed by atoms with Crippen molar-refractivity contribution in [2.45, 2.75) is 47.5 Å². The van der Waals surface area contributed by atoms with Gasteiger partial charge in [0.2, 0.25) is 0 Å². The number of aryl methyl sites for hydroxylation is 2. The predicted octanol–water partition coefficient (Wildman–Crippen LogP) is 6.69. The highest BCUT2D eigenvalue weighted by Crippen LogP contribution is 2.14. The molecule has 23 heavy (non-hydrogen) atoms. The third kappa shape index (κ3) is 5.86. The number of para-hydroxylation sites is 1. The summed E-state index contributed by atoms with van der Waals surface area (Å²) < 4.78 is 0. The lowest BCUT2D eigenvalue weighted by Gasteiger charge is -2.03. The molecular weight excluding hydrogens is 278 g/mol. The van der Waals surface area contributed by atoms with Crippen LogP contribution in [-0.2, 0) is 0 Å². The smallest absolute Gasteiger partial charge is 0.0731 e. The van der Waals surface area contributed by atoms with Gasteiger partial charge in [-0.15, -0.1) is 0 Å². The fourth-order valence-corrected chi connectivity index (χ4v) is 2.21. The minimum absolute atomic E-state index is 0.653. The molecule has 1 nitrogen and oxygen atoms in total. The first kappa shape index (κ1) is 18.9. The van der Waals surface area contributed by atoms with Gasteiger partial charge in [-0.1, -0.05) is 81.8 Å². The molecule has 0 N–H and O–H groups in total. The molecule has 1 heterocycles. The molecule has 0 unspecified atom stereocenters. The Bertz CT molecular complexity index is 691. The quantitative estimate of drug-likeness (QED) is 0.488. The van der Waals surface area contributed by atoms with Crippen LogP contribution < -0.4 is 0 Å². The largest absolute Gasteiger partial charge is 0.256 e. The average Bonchev–Trinajstić information content (AvgIpc) is 2.58. The third-order valence-corrected chi connectivity index (χ3v) is 3.58. The van der Waals surface area contributed by atoms with E-state index in [0.717, 1.165) is 5.52 Å². The van der Waals surface area contributed by atoms with Crippen LogP contribution >= 0.6 is 0 Å². The van der Waals surface area contributed by atoms with Gasteiger partial charge in [-0.25, -0.2) is 0 Å². The van der Waals surface area contributed by atoms with E-state index in [2.05, 4.69) is 81.2 Å². The predicted molar refractivity (Wildman–Crippen MR) is 103 cm³/mol. The van der Waals surface area contributed by atoms with E-state index in [1.54, 1.807) is 0 Å². The van der Waals surface area contributed by atoms with Crippen molar-refractivity contribution in [2.24, 2.45) is 0 Å². The van der Waals surface area contributed by atoms with Crippen molar-refractivity contribution in [3.8, 4) is 0 Å². The van der Waals surface area contributed by atoms with Crippen LogP contribution in [0.4, 0.5) is 0 Å². The van der Waals surface area contributed by atoms with Crippen LogP contribution in [0.1, 0.15) is 50.3 Å². The molecule has 122 valence electrons. The molecule has 0 saturated carbocycles. The normalized spacial score (nSPS) is 9.70. The van der Waals surface area contributed by atoms with Crippen LogP contribution in [0.25, 0.3) is 10.9 Å². The van der Waals surface area contributed by atoms with E-state index in [1.165, 1.54) is 22.1 Å². The van der Waals surface area contributed by atoms with E-state index in [0.29, 0.717) is 5.92 Å². The zero-order valence-electron chi connectivity index (χ0n) is 15.3. The highest BCUT2D eigenvalue weighted by Gasteiger charge is 1.95. The summed E-state index contributed by atoms with van der Waals surface area (Å²) in [5.41, 5.74) is 5.10. The lowest BCUT2D eigenvalue weighted by atomic mass is 10.0. The van der Waals surface area contributed by atoms with Crippen molar-refractivity contribution in [3.63, 3.8) is 0 Å². The van der Waals surface area contributed by atoms with Gasteiger partial charge in [0.15, 0.2) is 0 Å². The van der Waals surface area contributed by atoms with E-state index in [4.69, 9.17) is 0 Å². The van der Waals surface area contributed by atoms with Gasteiger partial charge in [0.25, 0.3) is 0 Å². The summed E-state index contributed by atoms with van der Waals surface area (Å²) >= 11 is 0. The van der Waals surface area contributed by atoms with Gasteiger partial charge in [0, 0.05) is 11.6 Å². The summed E-state index contributed by atoms with van der Waals surface area (Å²) in [7, 11) is 0. The molecule has 3 rings (SSSR count). The Morgan fingerprint density at radius 2 is 1.39 bits per heavy atom. The second kappa shape index (κ2) is 9.78. The van der Waals surface area contributed by atoms with Crippen LogP contribution in [0.5, 0.6) is 0 Å². The molecule has 0 fully saturated rings. The standard InChI is InChI=1S/C10H9N.C10H14.C2H6/c1-8-4-2-5-9-6-3-7-11-10(8)9;1-8(2)10-6-4-9(3)5-7-10;1-2/h2-7H,1H3;4-8H,1-3H3;1-2H3. The van der Waals surface area contributed by atoms with Crippen LogP contribution in [0.3, 0.4) is 0 Å². The van der Waals surface area contributed by atoms with Crippen molar-refractivity contribution in [2.75, 3.05) is 0 Å². The summed E-state index contributed by atoms with van der Waals surface area (Å²) in [5.74, 6) is 0.653. The van der Waals surface area contributed by atoms with Crippen molar-refractivity contribution in [3.05, 3.63) is 77.5 Å². The molecule has 0 saturated heterocycles. The fraction of sp³-hybridized carbons (Fsp3) is 0.318. The Balaban J connectivity index is 0.000000209. The molecule has 0 aliphatic rings. The maximum atomic E-state index is 4.28. The second-order valence-electron chi connectivity index (χ2n) is 5.72.